The van der Waals surface area contributed by atoms with Crippen molar-refractivity contribution in [3.8, 4) is 5.75 Å². The van der Waals surface area contributed by atoms with Crippen molar-refractivity contribution >= 4 is 32.3 Å². The van der Waals surface area contributed by atoms with E-state index in [2.05, 4.69) is 4.98 Å². The molecule has 0 spiro atoms. The molecule has 0 atom stereocenters. The second-order valence-corrected chi connectivity index (χ2v) is 8.55. The second kappa shape index (κ2) is 7.91. The molecule has 0 amide bonds. The van der Waals surface area contributed by atoms with Gasteiger partial charge in [0.1, 0.15) is 23.1 Å². The van der Waals surface area contributed by atoms with Gasteiger partial charge >= 0.3 is 0 Å². The Hall–Kier alpha value is -3.02. The molecule has 11 heteroatoms. The normalized spacial score (nSPS) is 14.1. The number of primary sulfonamides is 1. The number of sulfonamides is 1. The number of anilines is 2. The van der Waals surface area contributed by atoms with Gasteiger partial charge in [0.2, 0.25) is 10.0 Å². The number of aromatic nitrogens is 1. The highest BCUT2D eigenvalue weighted by molar-refractivity contribution is 7.89. The molecule has 2 aromatic carbocycles. The Kier molecular flexibility index (Phi) is 5.42. The molecule has 0 fully saturated rings. The molecule has 1 aliphatic heterocycles. The van der Waals surface area contributed by atoms with E-state index in [4.69, 9.17) is 14.7 Å². The lowest BCUT2D eigenvalue weighted by Gasteiger charge is -2.38. The summed E-state index contributed by atoms with van der Waals surface area (Å²) in [6, 6.07) is 6.83. The van der Waals surface area contributed by atoms with Gasteiger partial charge in [0.05, 0.1) is 43.1 Å². The second-order valence-electron chi connectivity index (χ2n) is 6.99. The van der Waals surface area contributed by atoms with Gasteiger partial charge in [-0.05, 0) is 24.3 Å². The van der Waals surface area contributed by atoms with Gasteiger partial charge < -0.3 is 9.64 Å². The smallest absolute Gasteiger partial charge is 0.238 e. The summed E-state index contributed by atoms with van der Waals surface area (Å²) in [5.74, 6) is -1.35. The van der Waals surface area contributed by atoms with E-state index in [-0.39, 0.29) is 12.1 Å². The highest BCUT2D eigenvalue weighted by atomic mass is 32.2. The average molecular weight is 450 g/mol. The van der Waals surface area contributed by atoms with Gasteiger partial charge in [0, 0.05) is 30.1 Å². The number of hydroxylamine groups is 1. The van der Waals surface area contributed by atoms with Crippen LogP contribution in [0.3, 0.4) is 0 Å². The lowest BCUT2D eigenvalue weighted by atomic mass is 10.1. The van der Waals surface area contributed by atoms with E-state index in [9.17, 15) is 17.2 Å². The van der Waals surface area contributed by atoms with E-state index in [0.29, 0.717) is 35.7 Å². The van der Waals surface area contributed by atoms with E-state index in [1.54, 1.807) is 35.4 Å². The molecule has 0 saturated carbocycles. The minimum Gasteiger partial charge on any atom is -0.497 e. The number of rotatable bonds is 5. The molecule has 0 radical (unpaired) electrons. The van der Waals surface area contributed by atoms with Gasteiger partial charge in [0.25, 0.3) is 0 Å². The molecule has 2 heterocycles. The van der Waals surface area contributed by atoms with Gasteiger partial charge in [-0.2, -0.15) is 0 Å². The number of nitrogens with two attached hydrogens (primary N) is 1. The van der Waals surface area contributed by atoms with Crippen molar-refractivity contribution in [3.63, 3.8) is 0 Å². The zero-order valence-corrected chi connectivity index (χ0v) is 17.6. The maximum atomic E-state index is 14.7. The van der Waals surface area contributed by atoms with Crippen LogP contribution in [0.5, 0.6) is 5.75 Å². The Morgan fingerprint density at radius 3 is 2.45 bits per heavy atom. The highest BCUT2D eigenvalue weighted by Crippen LogP contribution is 2.40. The van der Waals surface area contributed by atoms with Crippen molar-refractivity contribution in [1.29, 1.82) is 0 Å². The molecule has 0 bridgehead atoms. The number of hydrogen-bond donors (Lipinski definition) is 1. The molecule has 2 N–H and O–H groups in total. The fourth-order valence-corrected chi connectivity index (χ4v) is 4.20. The quantitative estimate of drug-likeness (QED) is 0.638. The van der Waals surface area contributed by atoms with E-state index in [0.717, 1.165) is 17.5 Å². The average Bonchev–Trinajstić information content (AvgIpc) is 2.74. The number of hydrogen-bond acceptors (Lipinski definition) is 7. The topological polar surface area (TPSA) is 98.0 Å². The molecule has 3 aromatic rings. The molecular formula is C20H20F2N4O4S. The van der Waals surface area contributed by atoms with Crippen LogP contribution in [0.15, 0.2) is 41.4 Å². The van der Waals surface area contributed by atoms with Crippen LogP contribution in [-0.2, 0) is 21.4 Å². The molecule has 4 rings (SSSR count). The van der Waals surface area contributed by atoms with Gasteiger partial charge in [0.15, 0.2) is 0 Å². The molecular weight excluding hydrogens is 430 g/mol. The van der Waals surface area contributed by atoms with Gasteiger partial charge in [-0.3, -0.25) is 9.82 Å². The van der Waals surface area contributed by atoms with Crippen LogP contribution >= 0.6 is 0 Å². The lowest BCUT2D eigenvalue weighted by molar-refractivity contribution is 0.165. The third kappa shape index (κ3) is 3.87. The van der Waals surface area contributed by atoms with Crippen LogP contribution in [0, 0.1) is 11.6 Å². The van der Waals surface area contributed by atoms with Crippen molar-refractivity contribution in [3.05, 3.63) is 53.7 Å². The first-order chi connectivity index (χ1) is 14.7. The lowest BCUT2D eigenvalue weighted by Crippen LogP contribution is -2.40. The maximum Gasteiger partial charge on any atom is 0.238 e. The van der Waals surface area contributed by atoms with Crippen molar-refractivity contribution in [1.82, 2.24) is 4.98 Å². The third-order valence-electron chi connectivity index (χ3n) is 5.20. The first kappa shape index (κ1) is 21.2. The number of benzene rings is 2. The zero-order valence-electron chi connectivity index (χ0n) is 16.8. The third-order valence-corrected chi connectivity index (χ3v) is 6.09. The summed E-state index contributed by atoms with van der Waals surface area (Å²) < 4.78 is 57.5. The van der Waals surface area contributed by atoms with Crippen LogP contribution in [0.2, 0.25) is 0 Å². The summed E-state index contributed by atoms with van der Waals surface area (Å²) in [7, 11) is -1.15. The number of methoxy groups -OCH3 is 1. The molecule has 164 valence electrons. The van der Waals surface area contributed by atoms with Gasteiger partial charge in [-0.15, -0.1) is 0 Å². The monoisotopic (exact) mass is 450 g/mol. The fraction of sp³-hybridized carbons (Fsp3) is 0.250. The predicted octanol–water partition coefficient (Wildman–Crippen LogP) is 2.56. The van der Waals surface area contributed by atoms with Crippen molar-refractivity contribution in [2.24, 2.45) is 5.14 Å². The molecule has 0 unspecified atom stereocenters. The Bertz CT molecular complexity index is 1250. The predicted molar refractivity (Wildman–Crippen MR) is 111 cm³/mol. The molecule has 0 saturated heterocycles. The number of pyridine rings is 1. The van der Waals surface area contributed by atoms with Crippen molar-refractivity contribution in [2.75, 3.05) is 37.3 Å². The first-order valence-electron chi connectivity index (χ1n) is 9.27. The summed E-state index contributed by atoms with van der Waals surface area (Å²) in [6.45, 7) is 0.714. The Balaban J connectivity index is 1.82. The fourth-order valence-electron chi connectivity index (χ4n) is 3.67. The highest BCUT2D eigenvalue weighted by Gasteiger charge is 2.28. The summed E-state index contributed by atoms with van der Waals surface area (Å²) >= 11 is 0. The standard InChI is InChI=1S/C20H20F2N4O4S/c1-29-12-3-4-14-18(7-12)24-10-19-20(14)25(5-6-26(19)30-2)11-15-16(21)8-13(9-17(15)22)31(23,27)28/h3-4,7-10H,5-6,11H2,1-2H3,(H2,23,27,28). The van der Waals surface area contributed by atoms with Crippen LogP contribution in [-0.4, -0.2) is 40.7 Å². The van der Waals surface area contributed by atoms with Gasteiger partial charge in [-0.25, -0.2) is 27.4 Å². The van der Waals surface area contributed by atoms with Crippen molar-refractivity contribution < 1.29 is 26.8 Å². The summed E-state index contributed by atoms with van der Waals surface area (Å²) in [6.07, 6.45) is 1.63. The number of halogens is 2. The minimum atomic E-state index is -4.23. The molecule has 1 aromatic heterocycles. The Morgan fingerprint density at radius 2 is 1.84 bits per heavy atom. The molecule has 1 aliphatic rings. The van der Waals surface area contributed by atoms with Crippen LogP contribution < -0.4 is 19.8 Å². The van der Waals surface area contributed by atoms with Crippen LogP contribution in [0.1, 0.15) is 5.56 Å². The SMILES string of the molecule is COc1ccc2c3c(cnc2c1)N(OC)CCN3Cc1c(F)cc(S(N)(=O)=O)cc1F. The summed E-state index contributed by atoms with van der Waals surface area (Å²) in [5.41, 5.74) is 1.72. The summed E-state index contributed by atoms with van der Waals surface area (Å²) in [5, 5.41) is 7.40. The van der Waals surface area contributed by atoms with E-state index in [1.165, 1.54) is 7.11 Å². The first-order valence-corrected chi connectivity index (χ1v) is 10.8. The number of nitrogens with zero attached hydrogens (tertiary/aromatic N) is 3. The number of fused-ring (bicyclic) bond motifs is 3. The number of ether oxygens (including phenoxy) is 1. The van der Waals surface area contributed by atoms with Crippen molar-refractivity contribution in [2.45, 2.75) is 11.4 Å². The van der Waals surface area contributed by atoms with Gasteiger partial charge in [-0.1, -0.05) is 0 Å². The van der Waals surface area contributed by atoms with E-state index in [1.807, 2.05) is 6.07 Å². The Labute approximate surface area is 177 Å². The Morgan fingerprint density at radius 1 is 1.13 bits per heavy atom. The van der Waals surface area contributed by atoms with Crippen LogP contribution in [0.4, 0.5) is 20.2 Å². The molecule has 31 heavy (non-hydrogen) atoms. The maximum absolute atomic E-state index is 14.7. The van der Waals surface area contributed by atoms with E-state index >= 15 is 0 Å². The van der Waals surface area contributed by atoms with E-state index < -0.39 is 26.6 Å². The minimum absolute atomic E-state index is 0.127. The molecule has 8 nitrogen and oxygen atoms in total. The molecule has 0 aliphatic carbocycles. The zero-order chi connectivity index (χ0) is 22.3. The van der Waals surface area contributed by atoms with Crippen LogP contribution in [0.25, 0.3) is 10.9 Å². The largest absolute Gasteiger partial charge is 0.497 e. The summed E-state index contributed by atoms with van der Waals surface area (Å²) in [4.78, 5) is 11.1.